The number of anilines is 1. The van der Waals surface area contributed by atoms with Crippen LogP contribution >= 0.6 is 0 Å². The normalized spacial score (nSPS) is 14.5. The number of carbonyl (C=O) groups is 1. The highest BCUT2D eigenvalue weighted by Crippen LogP contribution is 2.21. The Morgan fingerprint density at radius 2 is 1.80 bits per heavy atom. The summed E-state index contributed by atoms with van der Waals surface area (Å²) in [5.41, 5.74) is 3.50. The van der Waals surface area contributed by atoms with Gasteiger partial charge in [0.05, 0.1) is 6.20 Å². The number of aromatic nitrogens is 3. The van der Waals surface area contributed by atoms with E-state index in [1.54, 1.807) is 6.20 Å². The number of nitrogens with zero attached hydrogens (tertiary/aromatic N) is 4. The topological polar surface area (TPSA) is 72.3 Å². The molecule has 2 aromatic carbocycles. The molecule has 1 amide bonds. The van der Waals surface area contributed by atoms with Gasteiger partial charge in [-0.1, -0.05) is 47.7 Å². The molecule has 0 aliphatic carbocycles. The van der Waals surface area contributed by atoms with Crippen molar-refractivity contribution in [1.82, 2.24) is 20.3 Å². The highest BCUT2D eigenvalue weighted by atomic mass is 16.5. The van der Waals surface area contributed by atoms with Crippen LogP contribution in [0, 0.1) is 0 Å². The third-order valence-corrected chi connectivity index (χ3v) is 5.43. The van der Waals surface area contributed by atoms with E-state index in [9.17, 15) is 4.79 Å². The first-order valence-corrected chi connectivity index (χ1v) is 10.4. The van der Waals surface area contributed by atoms with Crippen LogP contribution in [0.15, 0.2) is 67.0 Å². The molecule has 1 aromatic heterocycles. The molecule has 1 N–H and O–H groups in total. The second kappa shape index (κ2) is 9.91. The summed E-state index contributed by atoms with van der Waals surface area (Å²) < 4.78 is 7.18. The fraction of sp³-hybridized carbons (Fsp3) is 0.348. The van der Waals surface area contributed by atoms with E-state index in [-0.39, 0.29) is 12.1 Å². The van der Waals surface area contributed by atoms with Crippen molar-refractivity contribution in [3.8, 4) is 0 Å². The molecule has 0 saturated carbocycles. The average Bonchev–Trinajstić information content (AvgIpc) is 3.32. The number of carbonyl (C=O) groups excluding carboxylic acids is 1. The molecule has 1 saturated heterocycles. The van der Waals surface area contributed by atoms with Crippen LogP contribution < -0.4 is 10.2 Å². The molecule has 0 unspecified atom stereocenters. The largest absolute Gasteiger partial charge is 0.445 e. The predicted octanol–water partition coefficient (Wildman–Crippen LogP) is 3.42. The average molecular weight is 406 g/mol. The van der Waals surface area contributed by atoms with Crippen molar-refractivity contribution in [3.63, 3.8) is 0 Å². The molecule has 1 fully saturated rings. The fourth-order valence-corrected chi connectivity index (χ4v) is 3.68. The lowest BCUT2D eigenvalue weighted by Gasteiger charge is -2.33. The van der Waals surface area contributed by atoms with E-state index in [0.717, 1.165) is 44.5 Å². The van der Waals surface area contributed by atoms with E-state index in [1.807, 2.05) is 41.2 Å². The molecule has 2 heterocycles. The van der Waals surface area contributed by atoms with Crippen molar-refractivity contribution < 1.29 is 9.53 Å². The SMILES string of the molecule is O=C(NC1CCN(c2ccc(CCn3ccnn3)cc2)CC1)OCc1ccccc1. The maximum absolute atomic E-state index is 12.1. The number of benzene rings is 2. The van der Waals surface area contributed by atoms with Gasteiger partial charge in [-0.3, -0.25) is 4.68 Å². The molecule has 0 spiro atoms. The summed E-state index contributed by atoms with van der Waals surface area (Å²) >= 11 is 0. The number of rotatable bonds is 7. The molecular formula is C23H27N5O2. The summed E-state index contributed by atoms with van der Waals surface area (Å²) in [5, 5.41) is 10.8. The van der Waals surface area contributed by atoms with Crippen molar-refractivity contribution in [2.45, 2.75) is 38.5 Å². The maximum atomic E-state index is 12.1. The number of piperidine rings is 1. The van der Waals surface area contributed by atoms with Gasteiger partial charge >= 0.3 is 6.09 Å². The maximum Gasteiger partial charge on any atom is 0.407 e. The van der Waals surface area contributed by atoms with Gasteiger partial charge in [0.1, 0.15) is 6.61 Å². The van der Waals surface area contributed by atoms with Gasteiger partial charge in [0.15, 0.2) is 0 Å². The monoisotopic (exact) mass is 405 g/mol. The third-order valence-electron chi connectivity index (χ3n) is 5.43. The molecular weight excluding hydrogens is 378 g/mol. The lowest BCUT2D eigenvalue weighted by Crippen LogP contribution is -2.44. The smallest absolute Gasteiger partial charge is 0.407 e. The van der Waals surface area contributed by atoms with Gasteiger partial charge in [-0.15, -0.1) is 5.10 Å². The number of hydrogen-bond acceptors (Lipinski definition) is 5. The molecule has 3 aromatic rings. The first-order valence-electron chi connectivity index (χ1n) is 10.4. The highest BCUT2D eigenvalue weighted by Gasteiger charge is 2.21. The number of ether oxygens (including phenoxy) is 1. The van der Waals surface area contributed by atoms with Crippen molar-refractivity contribution in [2.24, 2.45) is 0 Å². The minimum absolute atomic E-state index is 0.159. The second-order valence-corrected chi connectivity index (χ2v) is 7.55. The zero-order valence-electron chi connectivity index (χ0n) is 17.0. The summed E-state index contributed by atoms with van der Waals surface area (Å²) in [6.07, 6.45) is 5.99. The van der Waals surface area contributed by atoms with Crippen molar-refractivity contribution in [1.29, 1.82) is 0 Å². The Bertz CT molecular complexity index is 905. The number of aryl methyl sites for hydroxylation is 2. The number of alkyl carbamates (subject to hydrolysis) is 1. The van der Waals surface area contributed by atoms with Gasteiger partial charge in [0.2, 0.25) is 0 Å². The quantitative estimate of drug-likeness (QED) is 0.652. The summed E-state index contributed by atoms with van der Waals surface area (Å²) in [7, 11) is 0. The van der Waals surface area contributed by atoms with Gasteiger partial charge < -0.3 is 15.0 Å². The Balaban J connectivity index is 1.19. The van der Waals surface area contributed by atoms with E-state index in [4.69, 9.17) is 4.74 Å². The van der Waals surface area contributed by atoms with E-state index < -0.39 is 0 Å². The lowest BCUT2D eigenvalue weighted by molar-refractivity contribution is 0.134. The van der Waals surface area contributed by atoms with Crippen LogP contribution in [-0.2, 0) is 24.3 Å². The van der Waals surface area contributed by atoms with Crippen LogP contribution in [0.3, 0.4) is 0 Å². The Labute approximate surface area is 176 Å². The number of amides is 1. The van der Waals surface area contributed by atoms with E-state index in [1.165, 1.54) is 11.3 Å². The van der Waals surface area contributed by atoms with Crippen LogP contribution in [0.4, 0.5) is 10.5 Å². The summed E-state index contributed by atoms with van der Waals surface area (Å²) in [6.45, 7) is 2.97. The first kappa shape index (κ1) is 19.9. The van der Waals surface area contributed by atoms with Crippen LogP contribution in [0.2, 0.25) is 0 Å². The lowest BCUT2D eigenvalue weighted by atomic mass is 10.0. The Morgan fingerprint density at radius 1 is 1.03 bits per heavy atom. The van der Waals surface area contributed by atoms with E-state index in [0.29, 0.717) is 6.61 Å². The van der Waals surface area contributed by atoms with Gasteiger partial charge in [-0.2, -0.15) is 0 Å². The number of hydrogen-bond donors (Lipinski definition) is 1. The zero-order valence-corrected chi connectivity index (χ0v) is 17.0. The molecule has 156 valence electrons. The van der Waals surface area contributed by atoms with Crippen LogP contribution in [0.1, 0.15) is 24.0 Å². The fourth-order valence-electron chi connectivity index (χ4n) is 3.68. The van der Waals surface area contributed by atoms with Gasteiger partial charge in [0.25, 0.3) is 0 Å². The first-order chi connectivity index (χ1) is 14.8. The minimum atomic E-state index is -0.339. The number of nitrogens with one attached hydrogen (secondary N) is 1. The molecule has 0 atom stereocenters. The van der Waals surface area contributed by atoms with Crippen LogP contribution in [-0.4, -0.2) is 40.2 Å². The summed E-state index contributed by atoms with van der Waals surface area (Å²) in [5.74, 6) is 0. The second-order valence-electron chi connectivity index (χ2n) is 7.55. The van der Waals surface area contributed by atoms with Crippen LogP contribution in [0.25, 0.3) is 0 Å². The minimum Gasteiger partial charge on any atom is -0.445 e. The molecule has 30 heavy (non-hydrogen) atoms. The molecule has 1 aliphatic heterocycles. The zero-order chi connectivity index (χ0) is 20.6. The Morgan fingerprint density at radius 3 is 2.50 bits per heavy atom. The third kappa shape index (κ3) is 5.59. The molecule has 7 nitrogen and oxygen atoms in total. The predicted molar refractivity (Wildman–Crippen MR) is 115 cm³/mol. The molecule has 0 radical (unpaired) electrons. The van der Waals surface area contributed by atoms with Gasteiger partial charge in [0, 0.05) is 37.6 Å². The van der Waals surface area contributed by atoms with E-state index >= 15 is 0 Å². The molecule has 1 aliphatic rings. The molecule has 0 bridgehead atoms. The summed E-state index contributed by atoms with van der Waals surface area (Å²) in [6, 6.07) is 18.6. The highest BCUT2D eigenvalue weighted by molar-refractivity contribution is 5.67. The Kier molecular flexibility index (Phi) is 6.59. The van der Waals surface area contributed by atoms with Gasteiger partial charge in [-0.05, 0) is 42.5 Å². The molecule has 7 heteroatoms. The van der Waals surface area contributed by atoms with Crippen LogP contribution in [0.5, 0.6) is 0 Å². The molecule has 4 rings (SSSR count). The summed E-state index contributed by atoms with van der Waals surface area (Å²) in [4.78, 5) is 14.4. The van der Waals surface area contributed by atoms with Gasteiger partial charge in [-0.25, -0.2) is 4.79 Å². The van der Waals surface area contributed by atoms with Crippen molar-refractivity contribution in [3.05, 3.63) is 78.1 Å². The Hall–Kier alpha value is -3.35. The van der Waals surface area contributed by atoms with Crippen molar-refractivity contribution in [2.75, 3.05) is 18.0 Å². The standard InChI is InChI=1S/C23H27N5O2/c29-23(30-18-20-4-2-1-3-5-20)25-21-11-14-27(15-12-21)22-8-6-19(7-9-22)10-16-28-17-13-24-26-28/h1-9,13,17,21H,10-12,14-16,18H2,(H,25,29). The van der Waals surface area contributed by atoms with Crippen molar-refractivity contribution >= 4 is 11.8 Å². The van der Waals surface area contributed by atoms with E-state index in [2.05, 4.69) is 44.8 Å².